The topological polar surface area (TPSA) is 130 Å². The Morgan fingerprint density at radius 3 is 1.74 bits per heavy atom. The average Bonchev–Trinajstić information content (AvgIpc) is 2.53. The van der Waals surface area contributed by atoms with Crippen LogP contribution in [-0.2, 0) is 15.5 Å². The minimum absolute atomic E-state index is 0.267. The molecule has 0 unspecified atom stereocenters. The van der Waals surface area contributed by atoms with Gasteiger partial charge in [0.1, 0.15) is 4.90 Å². The van der Waals surface area contributed by atoms with Crippen molar-refractivity contribution in [1.29, 1.82) is 0 Å². The third kappa shape index (κ3) is 4.40. The molecule has 0 heterocycles. The van der Waals surface area contributed by atoms with Crippen molar-refractivity contribution in [3.8, 4) is 5.75 Å². The molecule has 0 aliphatic heterocycles. The molecule has 144 valence electrons. The maximum atomic E-state index is 12.5. The summed E-state index contributed by atoms with van der Waals surface area (Å²) >= 11 is 0. The van der Waals surface area contributed by atoms with Crippen molar-refractivity contribution in [2.45, 2.75) is 38.0 Å². The molecule has 0 spiro atoms. The predicted octanol–water partition coefficient (Wildman–Crippen LogP) is 3.88. The van der Waals surface area contributed by atoms with Crippen LogP contribution < -0.4 is 4.18 Å². The van der Waals surface area contributed by atoms with Crippen LogP contribution in [0.3, 0.4) is 0 Å². The van der Waals surface area contributed by atoms with Crippen LogP contribution in [0.4, 0.5) is 11.4 Å². The number of rotatable bonds is 5. The first-order valence-corrected chi connectivity index (χ1v) is 9.22. The second kappa shape index (κ2) is 6.95. The van der Waals surface area contributed by atoms with Gasteiger partial charge in [-0.05, 0) is 30.0 Å². The fourth-order valence-corrected chi connectivity index (χ4v) is 3.21. The molecule has 2 aromatic rings. The molecule has 0 aliphatic rings. The summed E-state index contributed by atoms with van der Waals surface area (Å²) in [4.78, 5) is 20.8. The minimum Gasteiger partial charge on any atom is -0.364 e. The van der Waals surface area contributed by atoms with Gasteiger partial charge in [-0.1, -0.05) is 38.5 Å². The molecule has 10 heteroatoms. The van der Waals surface area contributed by atoms with Crippen LogP contribution in [0.1, 0.15) is 31.9 Å². The van der Waals surface area contributed by atoms with Crippen LogP contribution in [0, 0.1) is 27.2 Å². The molecule has 0 saturated carbocycles. The lowest BCUT2D eigenvalue weighted by Crippen LogP contribution is -2.15. The van der Waals surface area contributed by atoms with Crippen LogP contribution in [0.5, 0.6) is 5.75 Å². The van der Waals surface area contributed by atoms with E-state index in [-0.39, 0.29) is 4.90 Å². The first-order valence-electron chi connectivity index (χ1n) is 7.81. The standard InChI is InChI=1S/C17H18N2O7S/c1-11-5-7-13(8-6-11)27(24,25)26-16-14(18(20)21)9-12(17(2,3)4)10-15(16)19(22)23/h5-10H,1-4H3. The fourth-order valence-electron chi connectivity index (χ4n) is 2.25. The van der Waals surface area contributed by atoms with Crippen molar-refractivity contribution in [2.75, 3.05) is 0 Å². The van der Waals surface area contributed by atoms with Gasteiger partial charge in [0, 0.05) is 12.1 Å². The third-order valence-corrected chi connectivity index (χ3v) is 5.05. The van der Waals surface area contributed by atoms with Crippen molar-refractivity contribution < 1.29 is 22.4 Å². The van der Waals surface area contributed by atoms with E-state index in [0.29, 0.717) is 5.56 Å². The van der Waals surface area contributed by atoms with E-state index in [1.54, 1.807) is 27.7 Å². The largest absolute Gasteiger partial charge is 0.364 e. The third-order valence-electron chi connectivity index (χ3n) is 3.81. The Balaban J connectivity index is 2.69. The summed E-state index contributed by atoms with van der Waals surface area (Å²) in [6, 6.07) is 7.72. The summed E-state index contributed by atoms with van der Waals surface area (Å²) in [6.45, 7) is 6.91. The molecule has 2 rings (SSSR count). The fraction of sp³-hybridized carbons (Fsp3) is 0.294. The zero-order valence-corrected chi connectivity index (χ0v) is 15.9. The Morgan fingerprint density at radius 2 is 1.37 bits per heavy atom. The van der Waals surface area contributed by atoms with E-state index in [2.05, 4.69) is 0 Å². The highest BCUT2D eigenvalue weighted by Crippen LogP contribution is 2.42. The van der Waals surface area contributed by atoms with Crippen LogP contribution >= 0.6 is 0 Å². The molecule has 27 heavy (non-hydrogen) atoms. The second-order valence-electron chi connectivity index (χ2n) is 6.96. The molecule has 0 aromatic heterocycles. The van der Waals surface area contributed by atoms with Gasteiger partial charge in [0.15, 0.2) is 0 Å². The average molecular weight is 394 g/mol. The van der Waals surface area contributed by atoms with E-state index < -0.39 is 42.5 Å². The summed E-state index contributed by atoms with van der Waals surface area (Å²) in [5.74, 6) is -0.918. The molecule has 0 bridgehead atoms. The molecule has 9 nitrogen and oxygen atoms in total. The van der Waals surface area contributed by atoms with E-state index >= 15 is 0 Å². The van der Waals surface area contributed by atoms with Crippen LogP contribution in [0.2, 0.25) is 0 Å². The number of aryl methyl sites for hydroxylation is 1. The maximum Gasteiger partial charge on any atom is 0.339 e. The Hall–Kier alpha value is -3.01. The summed E-state index contributed by atoms with van der Waals surface area (Å²) in [6.07, 6.45) is 0. The van der Waals surface area contributed by atoms with Gasteiger partial charge in [-0.2, -0.15) is 8.42 Å². The van der Waals surface area contributed by atoms with Gasteiger partial charge in [0.05, 0.1) is 9.85 Å². The summed E-state index contributed by atoms with van der Waals surface area (Å²) in [5.41, 5.74) is -1.11. The lowest BCUT2D eigenvalue weighted by Gasteiger charge is -2.19. The van der Waals surface area contributed by atoms with E-state index in [1.165, 1.54) is 24.3 Å². The van der Waals surface area contributed by atoms with Crippen molar-refractivity contribution in [3.63, 3.8) is 0 Å². The monoisotopic (exact) mass is 394 g/mol. The molecular formula is C17H18N2O7S. The van der Waals surface area contributed by atoms with E-state index in [4.69, 9.17) is 4.18 Å². The molecule has 0 atom stereocenters. The zero-order chi connectivity index (χ0) is 20.6. The smallest absolute Gasteiger partial charge is 0.339 e. The van der Waals surface area contributed by atoms with Gasteiger partial charge in [0.2, 0.25) is 0 Å². The van der Waals surface area contributed by atoms with Gasteiger partial charge in [-0.3, -0.25) is 20.2 Å². The highest BCUT2D eigenvalue weighted by Gasteiger charge is 2.35. The quantitative estimate of drug-likeness (QED) is 0.427. The van der Waals surface area contributed by atoms with E-state index in [1.807, 2.05) is 0 Å². The van der Waals surface area contributed by atoms with Gasteiger partial charge in [0.25, 0.3) is 5.75 Å². The highest BCUT2D eigenvalue weighted by molar-refractivity contribution is 7.87. The molecule has 0 amide bonds. The number of nitrogens with zero attached hydrogens (tertiary/aromatic N) is 2. The van der Waals surface area contributed by atoms with Gasteiger partial charge < -0.3 is 4.18 Å². The van der Waals surface area contributed by atoms with Crippen LogP contribution in [0.25, 0.3) is 0 Å². The molecule has 0 fully saturated rings. The van der Waals surface area contributed by atoms with Crippen molar-refractivity contribution in [1.82, 2.24) is 0 Å². The summed E-state index contributed by atoms with van der Waals surface area (Å²) in [7, 11) is -4.50. The zero-order valence-electron chi connectivity index (χ0n) is 15.1. The van der Waals surface area contributed by atoms with Crippen LogP contribution in [0.15, 0.2) is 41.3 Å². The minimum atomic E-state index is -4.50. The van der Waals surface area contributed by atoms with Gasteiger partial charge in [-0.25, -0.2) is 0 Å². The Morgan fingerprint density at radius 1 is 0.926 bits per heavy atom. The summed E-state index contributed by atoms with van der Waals surface area (Å²) in [5, 5.41) is 22.9. The van der Waals surface area contributed by atoms with Gasteiger partial charge in [-0.15, -0.1) is 0 Å². The normalized spacial score (nSPS) is 11.9. The maximum absolute atomic E-state index is 12.5. The Labute approximate surface area is 156 Å². The first kappa shape index (κ1) is 20.3. The Kier molecular flexibility index (Phi) is 5.23. The van der Waals surface area contributed by atoms with E-state index in [9.17, 15) is 28.6 Å². The number of nitro benzene ring substituents is 2. The van der Waals surface area contributed by atoms with Gasteiger partial charge >= 0.3 is 21.5 Å². The van der Waals surface area contributed by atoms with Crippen molar-refractivity contribution in [2.24, 2.45) is 0 Å². The second-order valence-corrected chi connectivity index (χ2v) is 8.50. The number of nitro groups is 2. The lowest BCUT2D eigenvalue weighted by atomic mass is 9.86. The lowest BCUT2D eigenvalue weighted by molar-refractivity contribution is -0.395. The molecule has 2 aromatic carbocycles. The van der Waals surface area contributed by atoms with Crippen molar-refractivity contribution >= 4 is 21.5 Å². The number of hydrogen-bond donors (Lipinski definition) is 0. The molecule has 0 saturated heterocycles. The SMILES string of the molecule is Cc1ccc(S(=O)(=O)Oc2c([N+](=O)[O-])cc(C(C)(C)C)cc2[N+](=O)[O-])cc1. The molecule has 0 aliphatic carbocycles. The number of hydrogen-bond acceptors (Lipinski definition) is 7. The molecule has 0 radical (unpaired) electrons. The number of benzene rings is 2. The first-order chi connectivity index (χ1) is 12.3. The van der Waals surface area contributed by atoms with Crippen LogP contribution in [-0.4, -0.2) is 18.3 Å². The van der Waals surface area contributed by atoms with E-state index in [0.717, 1.165) is 17.7 Å². The molecule has 0 N–H and O–H groups in total. The van der Waals surface area contributed by atoms with Crippen molar-refractivity contribution in [3.05, 3.63) is 67.8 Å². The molecular weight excluding hydrogens is 376 g/mol. The summed E-state index contributed by atoms with van der Waals surface area (Å²) < 4.78 is 29.8. The highest BCUT2D eigenvalue weighted by atomic mass is 32.2. The Bertz CT molecular complexity index is 972. The predicted molar refractivity (Wildman–Crippen MR) is 97.4 cm³/mol.